The summed E-state index contributed by atoms with van der Waals surface area (Å²) in [4.78, 5) is 0. The molecule has 0 saturated heterocycles. The highest BCUT2D eigenvalue weighted by Gasteiger charge is 1.98. The summed E-state index contributed by atoms with van der Waals surface area (Å²) in [7, 11) is 0. The van der Waals surface area contributed by atoms with Gasteiger partial charge in [-0.3, -0.25) is 0 Å². The van der Waals surface area contributed by atoms with E-state index in [1.165, 1.54) is 16.2 Å². The first-order valence-electron chi connectivity index (χ1n) is 7.19. The first kappa shape index (κ1) is 13.9. The van der Waals surface area contributed by atoms with Gasteiger partial charge in [0, 0.05) is 0 Å². The molecule has 0 aromatic heterocycles. The Bertz CT molecular complexity index is 907. The van der Waals surface area contributed by atoms with Crippen LogP contribution in [0.2, 0.25) is 0 Å². The second kappa shape index (κ2) is 6.56. The van der Waals surface area contributed by atoms with Crippen LogP contribution in [0.4, 0.5) is 0 Å². The van der Waals surface area contributed by atoms with Gasteiger partial charge in [-0.1, -0.05) is 66.7 Å². The van der Waals surface area contributed by atoms with E-state index in [-0.39, 0.29) is 0 Å². The maximum absolute atomic E-state index is 8.86. The lowest BCUT2D eigenvalue weighted by molar-refractivity contribution is 1.50. The van der Waals surface area contributed by atoms with Crippen LogP contribution in [0, 0.1) is 11.3 Å². The molecule has 22 heavy (non-hydrogen) atoms. The van der Waals surface area contributed by atoms with Crippen molar-refractivity contribution in [1.29, 1.82) is 5.26 Å². The lowest BCUT2D eigenvalue weighted by atomic mass is 10.0. The second-order valence-electron chi connectivity index (χ2n) is 5.03. The molecule has 0 N–H and O–H groups in total. The Kier molecular flexibility index (Phi) is 4.13. The van der Waals surface area contributed by atoms with Gasteiger partial charge in [0.2, 0.25) is 0 Å². The van der Waals surface area contributed by atoms with Gasteiger partial charge in [-0.15, -0.1) is 0 Å². The number of rotatable bonds is 0. The molecule has 4 aromatic carbocycles. The number of nitrogens with zero attached hydrogens (tertiary/aromatic N) is 1. The topological polar surface area (TPSA) is 23.8 Å². The van der Waals surface area contributed by atoms with Gasteiger partial charge in [0.25, 0.3) is 0 Å². The minimum absolute atomic E-state index is 0.711. The fourth-order valence-corrected chi connectivity index (χ4v) is 2.39. The monoisotopic (exact) mass is 281 g/mol. The molecular formula is C21H15N. The highest BCUT2D eigenvalue weighted by molar-refractivity contribution is 5.98. The first-order chi connectivity index (χ1) is 10.9. The SMILES string of the molecule is N#Cc1ccc2cc3ccccc3cc2c1.c1ccccc1. The van der Waals surface area contributed by atoms with Crippen molar-refractivity contribution < 1.29 is 0 Å². The van der Waals surface area contributed by atoms with Crippen molar-refractivity contribution in [3.63, 3.8) is 0 Å². The minimum Gasteiger partial charge on any atom is -0.192 e. The maximum Gasteiger partial charge on any atom is 0.0991 e. The lowest BCUT2D eigenvalue weighted by Crippen LogP contribution is -1.78. The zero-order valence-corrected chi connectivity index (χ0v) is 12.1. The molecule has 0 aliphatic heterocycles. The van der Waals surface area contributed by atoms with E-state index in [4.69, 9.17) is 5.26 Å². The highest BCUT2D eigenvalue weighted by Crippen LogP contribution is 2.23. The van der Waals surface area contributed by atoms with Crippen LogP contribution < -0.4 is 0 Å². The molecule has 1 nitrogen and oxygen atoms in total. The molecular weight excluding hydrogens is 266 g/mol. The van der Waals surface area contributed by atoms with Crippen molar-refractivity contribution in [2.24, 2.45) is 0 Å². The van der Waals surface area contributed by atoms with Gasteiger partial charge in [-0.2, -0.15) is 5.26 Å². The van der Waals surface area contributed by atoms with E-state index in [9.17, 15) is 0 Å². The van der Waals surface area contributed by atoms with Crippen LogP contribution in [0.15, 0.2) is 91.0 Å². The average molecular weight is 281 g/mol. The summed E-state index contributed by atoms with van der Waals surface area (Å²) < 4.78 is 0. The number of benzene rings is 4. The van der Waals surface area contributed by atoms with Crippen molar-refractivity contribution in [3.05, 3.63) is 96.6 Å². The molecule has 0 heterocycles. The molecule has 0 atom stereocenters. The minimum atomic E-state index is 0.711. The normalized spacial score (nSPS) is 9.77. The van der Waals surface area contributed by atoms with Crippen molar-refractivity contribution in [2.45, 2.75) is 0 Å². The fraction of sp³-hybridized carbons (Fsp3) is 0. The van der Waals surface area contributed by atoms with Crippen LogP contribution in [0.5, 0.6) is 0 Å². The van der Waals surface area contributed by atoms with Crippen LogP contribution in [0.25, 0.3) is 21.5 Å². The van der Waals surface area contributed by atoms with Gasteiger partial charge in [0.1, 0.15) is 0 Å². The Hall–Kier alpha value is -3.11. The summed E-state index contributed by atoms with van der Waals surface area (Å²) in [5.74, 6) is 0. The van der Waals surface area contributed by atoms with Crippen molar-refractivity contribution in [2.75, 3.05) is 0 Å². The summed E-state index contributed by atoms with van der Waals surface area (Å²) in [6.45, 7) is 0. The zero-order valence-electron chi connectivity index (χ0n) is 12.1. The van der Waals surface area contributed by atoms with Gasteiger partial charge < -0.3 is 0 Å². The molecule has 0 fully saturated rings. The van der Waals surface area contributed by atoms with Crippen molar-refractivity contribution in [1.82, 2.24) is 0 Å². The quantitative estimate of drug-likeness (QED) is 0.387. The predicted octanol–water partition coefficient (Wildman–Crippen LogP) is 5.55. The summed E-state index contributed by atoms with van der Waals surface area (Å²) >= 11 is 0. The predicted molar refractivity (Wildman–Crippen MR) is 92.6 cm³/mol. The summed E-state index contributed by atoms with van der Waals surface area (Å²) in [6.07, 6.45) is 0. The molecule has 0 bridgehead atoms. The van der Waals surface area contributed by atoms with Gasteiger partial charge >= 0.3 is 0 Å². The smallest absolute Gasteiger partial charge is 0.0991 e. The fourth-order valence-electron chi connectivity index (χ4n) is 2.39. The van der Waals surface area contributed by atoms with E-state index in [1.54, 1.807) is 0 Å². The molecule has 1 heteroatoms. The third kappa shape index (κ3) is 3.13. The van der Waals surface area contributed by atoms with E-state index in [0.717, 1.165) is 5.39 Å². The van der Waals surface area contributed by atoms with Gasteiger partial charge in [-0.05, 0) is 45.8 Å². The summed E-state index contributed by atoms with van der Waals surface area (Å²) in [6, 6.07) is 32.5. The Morgan fingerprint density at radius 2 is 1.00 bits per heavy atom. The highest BCUT2D eigenvalue weighted by atomic mass is 14.2. The van der Waals surface area contributed by atoms with Gasteiger partial charge in [0.15, 0.2) is 0 Å². The van der Waals surface area contributed by atoms with Crippen LogP contribution >= 0.6 is 0 Å². The molecule has 0 amide bonds. The number of hydrogen-bond donors (Lipinski definition) is 0. The maximum atomic E-state index is 8.86. The first-order valence-corrected chi connectivity index (χ1v) is 7.19. The van der Waals surface area contributed by atoms with Crippen LogP contribution in [-0.2, 0) is 0 Å². The van der Waals surface area contributed by atoms with Crippen LogP contribution in [0.3, 0.4) is 0 Å². The van der Waals surface area contributed by atoms with E-state index in [1.807, 2.05) is 66.7 Å². The van der Waals surface area contributed by atoms with Crippen LogP contribution in [-0.4, -0.2) is 0 Å². The Morgan fingerprint density at radius 3 is 1.55 bits per heavy atom. The van der Waals surface area contributed by atoms with E-state index < -0.39 is 0 Å². The Labute approximate surface area is 130 Å². The van der Waals surface area contributed by atoms with E-state index in [2.05, 4.69) is 30.3 Å². The largest absolute Gasteiger partial charge is 0.192 e. The lowest BCUT2D eigenvalue weighted by Gasteiger charge is -2.02. The standard InChI is InChI=1S/C15H9N.C6H6/c16-10-11-5-6-14-8-12-3-1-2-4-13(12)9-15(14)7-11;1-2-4-6-5-3-1/h1-9H;1-6H. The van der Waals surface area contributed by atoms with Gasteiger partial charge in [0.05, 0.1) is 11.6 Å². The number of fused-ring (bicyclic) bond motifs is 2. The van der Waals surface area contributed by atoms with Crippen LogP contribution in [0.1, 0.15) is 5.56 Å². The Balaban J connectivity index is 0.000000202. The molecule has 0 spiro atoms. The molecule has 0 aliphatic carbocycles. The number of hydrogen-bond acceptors (Lipinski definition) is 1. The van der Waals surface area contributed by atoms with Crippen molar-refractivity contribution in [3.8, 4) is 6.07 Å². The molecule has 4 aromatic rings. The number of nitriles is 1. The third-order valence-electron chi connectivity index (χ3n) is 3.50. The Morgan fingerprint density at radius 1 is 0.500 bits per heavy atom. The summed E-state index contributed by atoms with van der Waals surface area (Å²) in [5.41, 5.74) is 0.711. The molecule has 0 radical (unpaired) electrons. The second-order valence-corrected chi connectivity index (χ2v) is 5.03. The zero-order chi connectivity index (χ0) is 15.2. The molecule has 0 aliphatic rings. The average Bonchev–Trinajstić information content (AvgIpc) is 2.61. The molecule has 4 rings (SSSR count). The molecule has 0 unspecified atom stereocenters. The molecule has 104 valence electrons. The van der Waals surface area contributed by atoms with E-state index >= 15 is 0 Å². The van der Waals surface area contributed by atoms with Gasteiger partial charge in [-0.25, -0.2) is 0 Å². The van der Waals surface area contributed by atoms with E-state index in [0.29, 0.717) is 5.56 Å². The molecule has 0 saturated carbocycles. The van der Waals surface area contributed by atoms with Crippen molar-refractivity contribution >= 4 is 21.5 Å². The summed E-state index contributed by atoms with van der Waals surface area (Å²) in [5, 5.41) is 13.6. The third-order valence-corrected chi connectivity index (χ3v) is 3.50.